The van der Waals surface area contributed by atoms with Gasteiger partial charge < -0.3 is 14.6 Å². The second-order valence-electron chi connectivity index (χ2n) is 6.11. The Morgan fingerprint density at radius 2 is 1.97 bits per heavy atom. The summed E-state index contributed by atoms with van der Waals surface area (Å²) in [6, 6.07) is 11.3. The minimum absolute atomic E-state index is 0.155. The monoisotopic (exact) mass is 603 g/mol. The highest BCUT2D eigenvalue weighted by Gasteiger charge is 2.36. The van der Waals surface area contributed by atoms with Crippen molar-refractivity contribution in [2.45, 2.75) is 6.61 Å². The van der Waals surface area contributed by atoms with Crippen molar-refractivity contribution < 1.29 is 29.0 Å². The lowest BCUT2D eigenvalue weighted by Crippen LogP contribution is -2.33. The maximum Gasteiger partial charge on any atom is 0.323 e. The van der Waals surface area contributed by atoms with Crippen LogP contribution in [0.3, 0.4) is 0 Å². The summed E-state index contributed by atoms with van der Waals surface area (Å²) in [5, 5.41) is 8.25. The summed E-state index contributed by atoms with van der Waals surface area (Å²) in [5.74, 6) is -0.828. The smallest absolute Gasteiger partial charge is 0.323 e. The summed E-state index contributed by atoms with van der Waals surface area (Å²) in [7, 11) is 1.52. The number of ether oxygens (including phenoxy) is 2. The predicted molar refractivity (Wildman–Crippen MR) is 124 cm³/mol. The van der Waals surface area contributed by atoms with Gasteiger partial charge in [-0.15, -0.1) is 0 Å². The number of carbonyl (C=O) groups is 3. The van der Waals surface area contributed by atoms with Gasteiger partial charge in [0.15, 0.2) is 11.5 Å². The quantitative estimate of drug-likeness (QED) is 0.360. The van der Waals surface area contributed by atoms with E-state index in [9.17, 15) is 14.4 Å². The molecule has 2 amide bonds. The first-order chi connectivity index (χ1) is 14.3. The number of thioether (sulfide) groups is 1. The molecule has 1 aliphatic rings. The average Bonchev–Trinajstić information content (AvgIpc) is 2.95. The maximum atomic E-state index is 12.3. The molecule has 0 atom stereocenters. The molecule has 0 aliphatic carbocycles. The van der Waals surface area contributed by atoms with Gasteiger partial charge in [-0.1, -0.05) is 28.1 Å². The number of methoxy groups -OCH3 is 1. The molecule has 2 aromatic rings. The number of imide groups is 1. The number of carboxylic acid groups (broad SMARTS) is 1. The molecule has 30 heavy (non-hydrogen) atoms. The number of halogens is 2. The largest absolute Gasteiger partial charge is 0.493 e. The first-order valence-electron chi connectivity index (χ1n) is 8.50. The third kappa shape index (κ3) is 5.35. The van der Waals surface area contributed by atoms with Crippen molar-refractivity contribution in [2.24, 2.45) is 0 Å². The Kier molecular flexibility index (Phi) is 7.42. The Labute approximate surface area is 198 Å². The average molecular weight is 604 g/mol. The Hall–Kier alpha value is -2.05. The molecule has 0 saturated carbocycles. The summed E-state index contributed by atoms with van der Waals surface area (Å²) in [6.07, 6.45) is 1.54. The molecule has 10 heteroatoms. The fourth-order valence-electron chi connectivity index (χ4n) is 2.62. The fourth-order valence-corrected chi connectivity index (χ4v) is 4.51. The Balaban J connectivity index is 1.82. The topological polar surface area (TPSA) is 93.1 Å². The van der Waals surface area contributed by atoms with E-state index in [0.717, 1.165) is 13.6 Å². The molecule has 1 N–H and O–H groups in total. The van der Waals surface area contributed by atoms with E-state index in [1.165, 1.54) is 13.2 Å². The molecule has 1 heterocycles. The lowest BCUT2D eigenvalue weighted by molar-refractivity contribution is -0.140. The highest BCUT2D eigenvalue weighted by Crippen LogP contribution is 2.37. The molecule has 0 spiro atoms. The molecular weight excluding hydrogens is 589 g/mol. The maximum absolute atomic E-state index is 12.3. The number of carboxylic acids is 1. The molecule has 2 aromatic carbocycles. The van der Waals surface area contributed by atoms with Gasteiger partial charge in [-0.3, -0.25) is 19.3 Å². The second kappa shape index (κ2) is 9.84. The van der Waals surface area contributed by atoms with Crippen LogP contribution in [0.1, 0.15) is 11.1 Å². The Morgan fingerprint density at radius 3 is 2.60 bits per heavy atom. The molecule has 0 unspecified atom stereocenters. The van der Waals surface area contributed by atoms with Crippen LogP contribution in [-0.2, 0) is 16.2 Å². The highest BCUT2D eigenvalue weighted by atomic mass is 127. The van der Waals surface area contributed by atoms with Crippen LogP contribution in [0.4, 0.5) is 4.79 Å². The van der Waals surface area contributed by atoms with Gasteiger partial charge in [0.2, 0.25) is 0 Å². The number of carbonyl (C=O) groups excluding carboxylic acids is 2. The number of hydrogen-bond acceptors (Lipinski definition) is 6. The number of amides is 2. The lowest BCUT2D eigenvalue weighted by Gasteiger charge is -2.14. The molecule has 3 rings (SSSR count). The van der Waals surface area contributed by atoms with Gasteiger partial charge in [-0.2, -0.15) is 0 Å². The van der Waals surface area contributed by atoms with Crippen LogP contribution in [0.15, 0.2) is 45.8 Å². The predicted octanol–water partition coefficient (Wildman–Crippen LogP) is 4.76. The minimum atomic E-state index is -1.25. The summed E-state index contributed by atoms with van der Waals surface area (Å²) in [4.78, 5) is 36.0. The normalized spacial score (nSPS) is 15.0. The van der Waals surface area contributed by atoms with Gasteiger partial charge in [0.05, 0.1) is 15.6 Å². The summed E-state index contributed by atoms with van der Waals surface area (Å²) < 4.78 is 13.1. The van der Waals surface area contributed by atoms with Gasteiger partial charge in [0.25, 0.3) is 11.1 Å². The van der Waals surface area contributed by atoms with Crippen LogP contribution in [0.25, 0.3) is 6.08 Å². The van der Waals surface area contributed by atoms with Crippen LogP contribution >= 0.6 is 50.3 Å². The number of hydrogen-bond donors (Lipinski definition) is 1. The summed E-state index contributed by atoms with van der Waals surface area (Å²) in [6.45, 7) is -0.307. The zero-order chi connectivity index (χ0) is 21.8. The lowest BCUT2D eigenvalue weighted by atomic mass is 10.1. The highest BCUT2D eigenvalue weighted by molar-refractivity contribution is 14.1. The van der Waals surface area contributed by atoms with E-state index < -0.39 is 23.7 Å². The minimum Gasteiger partial charge on any atom is -0.493 e. The summed E-state index contributed by atoms with van der Waals surface area (Å²) in [5.41, 5.74) is 1.63. The molecule has 1 saturated heterocycles. The number of aliphatic carboxylic acids is 1. The van der Waals surface area contributed by atoms with Crippen LogP contribution < -0.4 is 9.47 Å². The van der Waals surface area contributed by atoms with E-state index in [1.54, 1.807) is 12.1 Å². The van der Waals surface area contributed by atoms with Gasteiger partial charge in [0.1, 0.15) is 13.2 Å². The van der Waals surface area contributed by atoms with Gasteiger partial charge >= 0.3 is 5.97 Å². The van der Waals surface area contributed by atoms with Crippen molar-refractivity contribution in [2.75, 3.05) is 13.7 Å². The van der Waals surface area contributed by atoms with E-state index in [4.69, 9.17) is 14.6 Å². The van der Waals surface area contributed by atoms with E-state index in [-0.39, 0.29) is 4.91 Å². The second-order valence-corrected chi connectivity index (χ2v) is 9.18. The molecular formula is C20H15BrINO6S. The van der Waals surface area contributed by atoms with E-state index in [0.29, 0.717) is 40.3 Å². The van der Waals surface area contributed by atoms with Gasteiger partial charge in [-0.25, -0.2) is 0 Å². The zero-order valence-corrected chi connectivity index (χ0v) is 20.1. The van der Waals surface area contributed by atoms with Crippen molar-refractivity contribution in [3.05, 3.63) is 60.5 Å². The summed E-state index contributed by atoms with van der Waals surface area (Å²) >= 11 is 6.21. The van der Waals surface area contributed by atoms with Crippen molar-refractivity contribution in [1.82, 2.24) is 4.90 Å². The van der Waals surface area contributed by atoms with Crippen LogP contribution in [0.5, 0.6) is 11.5 Å². The van der Waals surface area contributed by atoms with E-state index in [2.05, 4.69) is 38.5 Å². The standard InChI is InChI=1S/C20H15BrINO6S/c1-28-15-7-12(8-16-19(26)23(9-17(24)25)20(27)30-16)6-14(22)18(15)29-10-11-2-4-13(21)5-3-11/h2-8H,9-10H2,1H3,(H,24,25)/b16-8+. The Morgan fingerprint density at radius 1 is 1.27 bits per heavy atom. The van der Waals surface area contributed by atoms with Gasteiger partial charge in [-0.05, 0) is 75.8 Å². The zero-order valence-electron chi connectivity index (χ0n) is 15.6. The van der Waals surface area contributed by atoms with Crippen molar-refractivity contribution in [3.63, 3.8) is 0 Å². The third-order valence-corrected chi connectivity index (χ3v) is 6.25. The fraction of sp³-hybridized carbons (Fsp3) is 0.150. The number of rotatable bonds is 7. The Bertz CT molecular complexity index is 1040. The number of benzene rings is 2. The van der Waals surface area contributed by atoms with Crippen LogP contribution in [0.2, 0.25) is 0 Å². The molecule has 0 radical (unpaired) electrons. The first kappa shape index (κ1) is 22.6. The number of nitrogens with zero attached hydrogens (tertiary/aromatic N) is 1. The molecule has 7 nitrogen and oxygen atoms in total. The van der Waals surface area contributed by atoms with Gasteiger partial charge in [0, 0.05) is 4.47 Å². The molecule has 1 aliphatic heterocycles. The SMILES string of the molecule is COc1cc(/C=C2/SC(=O)N(CC(=O)O)C2=O)cc(I)c1OCc1ccc(Br)cc1. The molecule has 1 fully saturated rings. The van der Waals surface area contributed by atoms with Crippen LogP contribution in [0, 0.1) is 3.57 Å². The molecule has 0 aromatic heterocycles. The van der Waals surface area contributed by atoms with E-state index >= 15 is 0 Å². The third-order valence-electron chi connectivity index (χ3n) is 4.01. The molecule has 0 bridgehead atoms. The molecule has 156 valence electrons. The van der Waals surface area contributed by atoms with E-state index in [1.807, 2.05) is 24.3 Å². The van der Waals surface area contributed by atoms with Crippen molar-refractivity contribution in [3.8, 4) is 11.5 Å². The van der Waals surface area contributed by atoms with Crippen LogP contribution in [-0.4, -0.2) is 40.8 Å². The van der Waals surface area contributed by atoms with Crippen molar-refractivity contribution >= 4 is 73.5 Å². The first-order valence-corrected chi connectivity index (χ1v) is 11.2. The van der Waals surface area contributed by atoms with Crippen molar-refractivity contribution in [1.29, 1.82) is 0 Å².